The zero-order valence-corrected chi connectivity index (χ0v) is 28.1. The van der Waals surface area contributed by atoms with Gasteiger partial charge >= 0.3 is 11.9 Å². The van der Waals surface area contributed by atoms with Gasteiger partial charge in [-0.2, -0.15) is 0 Å². The second-order valence-electron chi connectivity index (χ2n) is 17.0. The van der Waals surface area contributed by atoms with Gasteiger partial charge in [-0.25, -0.2) is 4.79 Å². The van der Waals surface area contributed by atoms with Crippen LogP contribution in [0.5, 0.6) is 5.75 Å². The molecule has 45 heavy (non-hydrogen) atoms. The highest BCUT2D eigenvalue weighted by atomic mass is 16.6. The Morgan fingerprint density at radius 2 is 1.60 bits per heavy atom. The van der Waals surface area contributed by atoms with E-state index < -0.39 is 35.0 Å². The number of carbonyl (C=O) groups excluding carboxylic acids is 1. The Bertz CT molecular complexity index is 1390. The summed E-state index contributed by atoms with van der Waals surface area (Å²) in [5, 5.41) is 31.9. The molecule has 5 fully saturated rings. The van der Waals surface area contributed by atoms with Crippen LogP contribution in [0.4, 0.5) is 0 Å². The Balaban J connectivity index is 1.30. The van der Waals surface area contributed by atoms with Crippen molar-refractivity contribution in [1.82, 2.24) is 0 Å². The smallest absolute Gasteiger partial charge is 0.331 e. The fraction of sp³-hybridized carbons (Fsp3) is 0.692. The van der Waals surface area contributed by atoms with Crippen LogP contribution in [-0.2, 0) is 14.3 Å². The van der Waals surface area contributed by atoms with Crippen molar-refractivity contribution in [3.05, 3.63) is 48.1 Å². The van der Waals surface area contributed by atoms with Gasteiger partial charge in [-0.15, -0.1) is 0 Å². The molecular weight excluding hydrogens is 564 g/mol. The number of rotatable bonds is 5. The van der Waals surface area contributed by atoms with E-state index in [9.17, 15) is 24.9 Å². The van der Waals surface area contributed by atoms with Gasteiger partial charge in [-0.05, 0) is 140 Å². The number of hydrogen-bond donors (Lipinski definition) is 3. The number of phenols is 1. The molecule has 0 heterocycles. The van der Waals surface area contributed by atoms with E-state index in [0.29, 0.717) is 18.3 Å². The summed E-state index contributed by atoms with van der Waals surface area (Å²) in [5.74, 6) is 0.504. The SMILES string of the molecule is C=C(C)C1CCC2(C(=O)O)CCC3(C)C(CCC4C5(C)CC(OC(=O)C=Cc6ccc(O)cc6)C(O)C(C)(C)C5CCC43C)C12. The molecule has 11 unspecified atom stereocenters. The van der Waals surface area contributed by atoms with E-state index >= 15 is 0 Å². The number of benzene rings is 1. The standard InChI is InChI=1S/C39H54O6/c1-23(2)26-16-19-39(34(43)44)21-20-37(6)27(32(26)39)13-14-30-36(5)22-28(33(42)35(3,4)29(36)17-18-38(30,37)7)45-31(41)15-10-24-8-11-25(40)12-9-24/h8-12,15,26-30,32-33,40,42H,1,13-14,16-22H2,2-7H3,(H,43,44). The highest BCUT2D eigenvalue weighted by Crippen LogP contribution is 2.77. The summed E-state index contributed by atoms with van der Waals surface area (Å²) in [7, 11) is 0. The van der Waals surface area contributed by atoms with Gasteiger partial charge in [-0.3, -0.25) is 4.79 Å². The summed E-state index contributed by atoms with van der Waals surface area (Å²) in [6, 6.07) is 6.63. The van der Waals surface area contributed by atoms with Crippen molar-refractivity contribution in [3.8, 4) is 5.75 Å². The van der Waals surface area contributed by atoms with Crippen molar-refractivity contribution in [2.45, 2.75) is 112 Å². The van der Waals surface area contributed by atoms with Crippen LogP contribution in [0, 0.1) is 56.7 Å². The van der Waals surface area contributed by atoms with Crippen LogP contribution in [-0.4, -0.2) is 39.5 Å². The fourth-order valence-corrected chi connectivity index (χ4v) is 12.7. The molecule has 1 aromatic carbocycles. The van der Waals surface area contributed by atoms with Crippen molar-refractivity contribution in [2.24, 2.45) is 56.7 Å². The van der Waals surface area contributed by atoms with Crippen LogP contribution in [0.15, 0.2) is 42.5 Å². The lowest BCUT2D eigenvalue weighted by Gasteiger charge is -2.73. The largest absolute Gasteiger partial charge is 0.508 e. The molecule has 1 aromatic rings. The van der Waals surface area contributed by atoms with E-state index in [2.05, 4.69) is 48.1 Å². The molecule has 6 rings (SSSR count). The van der Waals surface area contributed by atoms with E-state index in [1.54, 1.807) is 30.3 Å². The van der Waals surface area contributed by atoms with Crippen LogP contribution in [0.3, 0.4) is 0 Å². The van der Waals surface area contributed by atoms with Crippen molar-refractivity contribution < 1.29 is 29.6 Å². The second-order valence-corrected chi connectivity index (χ2v) is 17.0. The maximum Gasteiger partial charge on any atom is 0.331 e. The minimum atomic E-state index is -0.765. The third kappa shape index (κ3) is 4.58. The predicted octanol–water partition coefficient (Wildman–Crippen LogP) is 8.03. The molecule has 0 radical (unpaired) electrons. The Labute approximate surface area is 269 Å². The van der Waals surface area contributed by atoms with Gasteiger partial charge in [0.25, 0.3) is 0 Å². The Hall–Kier alpha value is -2.60. The number of allylic oxidation sites excluding steroid dienone is 1. The molecule has 0 aliphatic heterocycles. The third-order valence-electron chi connectivity index (χ3n) is 15.0. The number of carbonyl (C=O) groups is 2. The van der Waals surface area contributed by atoms with Crippen LogP contribution in [0.2, 0.25) is 0 Å². The topological polar surface area (TPSA) is 104 Å². The lowest BCUT2D eigenvalue weighted by atomic mass is 9.32. The molecule has 5 aliphatic carbocycles. The zero-order valence-electron chi connectivity index (χ0n) is 28.1. The maximum atomic E-state index is 13.1. The number of aliphatic hydroxyl groups excluding tert-OH is 1. The number of aliphatic carboxylic acids is 1. The molecule has 5 saturated carbocycles. The van der Waals surface area contributed by atoms with Crippen molar-refractivity contribution in [1.29, 1.82) is 0 Å². The quantitative estimate of drug-likeness (QED) is 0.175. The fourth-order valence-electron chi connectivity index (χ4n) is 12.7. The van der Waals surface area contributed by atoms with Crippen molar-refractivity contribution in [3.63, 3.8) is 0 Å². The number of esters is 1. The van der Waals surface area contributed by atoms with Gasteiger partial charge in [0.15, 0.2) is 0 Å². The van der Waals surface area contributed by atoms with Gasteiger partial charge in [0, 0.05) is 6.08 Å². The lowest BCUT2D eigenvalue weighted by Crippen LogP contribution is -2.68. The summed E-state index contributed by atoms with van der Waals surface area (Å²) in [5.41, 5.74) is 0.735. The van der Waals surface area contributed by atoms with E-state index in [4.69, 9.17) is 4.74 Å². The van der Waals surface area contributed by atoms with Gasteiger partial charge in [0.05, 0.1) is 11.5 Å². The zero-order chi connectivity index (χ0) is 32.7. The first-order valence-electron chi connectivity index (χ1n) is 17.3. The minimum absolute atomic E-state index is 0.00475. The first-order chi connectivity index (χ1) is 21.0. The van der Waals surface area contributed by atoms with Gasteiger partial charge in [0.1, 0.15) is 11.9 Å². The Kier molecular flexibility index (Phi) is 7.70. The molecule has 0 saturated heterocycles. The first kappa shape index (κ1) is 32.3. The number of carboxylic acids is 1. The second kappa shape index (κ2) is 10.7. The van der Waals surface area contributed by atoms with Gasteiger partial charge in [0.2, 0.25) is 0 Å². The predicted molar refractivity (Wildman–Crippen MR) is 175 cm³/mol. The normalized spacial score (nSPS) is 45.1. The van der Waals surface area contributed by atoms with Crippen LogP contribution >= 0.6 is 0 Å². The van der Waals surface area contributed by atoms with Crippen LogP contribution < -0.4 is 0 Å². The number of fused-ring (bicyclic) bond motifs is 7. The number of carboxylic acid groups (broad SMARTS) is 1. The highest BCUT2D eigenvalue weighted by Gasteiger charge is 2.72. The summed E-state index contributed by atoms with van der Waals surface area (Å²) < 4.78 is 6.08. The van der Waals surface area contributed by atoms with E-state index in [0.717, 1.165) is 62.5 Å². The number of aliphatic hydroxyl groups is 1. The number of hydrogen-bond acceptors (Lipinski definition) is 5. The van der Waals surface area contributed by atoms with Crippen molar-refractivity contribution in [2.75, 3.05) is 0 Å². The Morgan fingerprint density at radius 1 is 0.911 bits per heavy atom. The molecule has 0 spiro atoms. The monoisotopic (exact) mass is 618 g/mol. The minimum Gasteiger partial charge on any atom is -0.508 e. The molecule has 246 valence electrons. The van der Waals surface area contributed by atoms with Crippen LogP contribution in [0.25, 0.3) is 6.08 Å². The summed E-state index contributed by atoms with van der Waals surface area (Å²) >= 11 is 0. The lowest BCUT2D eigenvalue weighted by molar-refractivity contribution is -0.265. The van der Waals surface area contributed by atoms with Crippen molar-refractivity contribution >= 4 is 18.0 Å². The number of ether oxygens (including phenoxy) is 1. The number of phenolic OH excluding ortho intramolecular Hbond substituents is 1. The molecule has 0 aromatic heterocycles. The molecule has 5 aliphatic rings. The van der Waals surface area contributed by atoms with Crippen LogP contribution in [0.1, 0.15) is 105 Å². The molecule has 3 N–H and O–H groups in total. The molecule has 0 amide bonds. The van der Waals surface area contributed by atoms with E-state index in [1.807, 2.05) is 0 Å². The molecule has 11 atom stereocenters. The molecule has 6 heteroatoms. The van der Waals surface area contributed by atoms with E-state index in [1.165, 1.54) is 6.08 Å². The number of aromatic hydroxyl groups is 1. The summed E-state index contributed by atoms with van der Waals surface area (Å²) in [6.07, 6.45) is 9.84. The van der Waals surface area contributed by atoms with Gasteiger partial charge < -0.3 is 20.1 Å². The van der Waals surface area contributed by atoms with E-state index in [-0.39, 0.29) is 39.7 Å². The molecular formula is C39H54O6. The average Bonchev–Trinajstić information content (AvgIpc) is 3.37. The average molecular weight is 619 g/mol. The summed E-state index contributed by atoms with van der Waals surface area (Å²) in [6.45, 7) is 18.2. The van der Waals surface area contributed by atoms with Gasteiger partial charge in [-0.1, -0.05) is 58.9 Å². The maximum absolute atomic E-state index is 13.1. The third-order valence-corrected chi connectivity index (χ3v) is 15.0. The highest BCUT2D eigenvalue weighted by molar-refractivity contribution is 5.87. The molecule has 6 nitrogen and oxygen atoms in total. The summed E-state index contributed by atoms with van der Waals surface area (Å²) in [4.78, 5) is 26.1. The first-order valence-corrected chi connectivity index (χ1v) is 17.3. The Morgan fingerprint density at radius 3 is 2.24 bits per heavy atom. The molecule has 0 bridgehead atoms.